The van der Waals surface area contributed by atoms with E-state index in [0.29, 0.717) is 37.4 Å². The van der Waals surface area contributed by atoms with Gasteiger partial charge in [-0.15, -0.1) is 0 Å². The average Bonchev–Trinajstić information content (AvgIpc) is 3.14. The molecule has 0 radical (unpaired) electrons. The highest BCUT2D eigenvalue weighted by Crippen LogP contribution is 2.25. The number of carbonyl (C=O) groups excluding carboxylic acids is 1. The number of hydrogen-bond acceptors (Lipinski definition) is 5. The number of rotatable bonds is 5. The molecule has 1 atom stereocenters. The Balaban J connectivity index is 1.51. The van der Waals surface area contributed by atoms with Gasteiger partial charge in [-0.05, 0) is 37.8 Å². The molecule has 0 bridgehead atoms. The molecule has 0 saturated carbocycles. The van der Waals surface area contributed by atoms with Crippen molar-refractivity contribution in [1.29, 1.82) is 0 Å². The maximum absolute atomic E-state index is 12.6. The Labute approximate surface area is 142 Å². The second-order valence-corrected chi connectivity index (χ2v) is 8.19. The van der Waals surface area contributed by atoms with Crippen LogP contribution in [0, 0.1) is 5.92 Å². The summed E-state index contributed by atoms with van der Waals surface area (Å²) >= 11 is 0. The van der Waals surface area contributed by atoms with Crippen molar-refractivity contribution in [2.24, 2.45) is 5.92 Å². The molecule has 1 aromatic rings. The molecule has 24 heavy (non-hydrogen) atoms. The molecule has 3 rings (SSSR count). The number of esters is 1. The van der Waals surface area contributed by atoms with Crippen LogP contribution in [0.5, 0.6) is 0 Å². The van der Waals surface area contributed by atoms with Crippen LogP contribution in [-0.2, 0) is 24.3 Å². The molecule has 2 heterocycles. The van der Waals surface area contributed by atoms with Crippen LogP contribution in [0.25, 0.3) is 0 Å². The van der Waals surface area contributed by atoms with Crippen molar-refractivity contribution in [3.8, 4) is 0 Å². The fourth-order valence-corrected chi connectivity index (χ4v) is 4.63. The van der Waals surface area contributed by atoms with Gasteiger partial charge in [0.15, 0.2) is 0 Å². The third kappa shape index (κ3) is 3.96. The Morgan fingerprint density at radius 3 is 2.50 bits per heavy atom. The van der Waals surface area contributed by atoms with Gasteiger partial charge in [0.2, 0.25) is 10.0 Å². The summed E-state index contributed by atoms with van der Waals surface area (Å²) in [5, 5.41) is 0. The normalized spacial score (nSPS) is 23.2. The van der Waals surface area contributed by atoms with E-state index < -0.39 is 10.0 Å². The summed E-state index contributed by atoms with van der Waals surface area (Å²) in [6.45, 7) is 1.73. The molecule has 2 aliphatic rings. The van der Waals surface area contributed by atoms with Crippen LogP contribution < -0.4 is 0 Å². The number of benzene rings is 1. The van der Waals surface area contributed by atoms with Gasteiger partial charge in [-0.1, -0.05) is 18.2 Å². The minimum atomic E-state index is -3.48. The van der Waals surface area contributed by atoms with Crippen molar-refractivity contribution in [2.75, 3.05) is 26.3 Å². The van der Waals surface area contributed by atoms with Gasteiger partial charge in [0.05, 0.1) is 16.9 Å². The molecule has 0 amide bonds. The van der Waals surface area contributed by atoms with Crippen LogP contribution in [0.2, 0.25) is 0 Å². The van der Waals surface area contributed by atoms with E-state index in [1.807, 2.05) is 0 Å². The van der Waals surface area contributed by atoms with Gasteiger partial charge < -0.3 is 9.47 Å². The molecule has 6 nitrogen and oxygen atoms in total. The first kappa shape index (κ1) is 17.4. The van der Waals surface area contributed by atoms with Crippen LogP contribution in [0.4, 0.5) is 0 Å². The van der Waals surface area contributed by atoms with E-state index in [0.717, 1.165) is 19.4 Å². The molecule has 1 unspecified atom stereocenters. The first-order valence-electron chi connectivity index (χ1n) is 8.41. The first-order chi connectivity index (χ1) is 11.6. The predicted molar refractivity (Wildman–Crippen MR) is 87.9 cm³/mol. The van der Waals surface area contributed by atoms with Crippen LogP contribution in [-0.4, -0.2) is 51.1 Å². The molecule has 2 saturated heterocycles. The van der Waals surface area contributed by atoms with E-state index in [4.69, 9.17) is 9.47 Å². The zero-order valence-electron chi connectivity index (χ0n) is 13.6. The van der Waals surface area contributed by atoms with Crippen molar-refractivity contribution < 1.29 is 22.7 Å². The summed E-state index contributed by atoms with van der Waals surface area (Å²) in [5.41, 5.74) is 0. The maximum Gasteiger partial charge on any atom is 0.309 e. The number of ether oxygens (including phenoxy) is 2. The summed E-state index contributed by atoms with van der Waals surface area (Å²) < 4.78 is 37.3. The number of carbonyl (C=O) groups is 1. The summed E-state index contributed by atoms with van der Waals surface area (Å²) in [5.74, 6) is -0.462. The lowest BCUT2D eigenvalue weighted by Gasteiger charge is -2.30. The maximum atomic E-state index is 12.6. The summed E-state index contributed by atoms with van der Waals surface area (Å²) in [6, 6.07) is 8.40. The topological polar surface area (TPSA) is 72.9 Å². The van der Waals surface area contributed by atoms with Gasteiger partial charge in [0.1, 0.15) is 6.61 Å². The molecular formula is C17H23NO5S. The second-order valence-electron chi connectivity index (χ2n) is 6.26. The van der Waals surface area contributed by atoms with Gasteiger partial charge in [-0.25, -0.2) is 8.42 Å². The predicted octanol–water partition coefficient (Wildman–Crippen LogP) is 1.81. The standard InChI is InChI=1S/C17H23NO5S/c19-17(23-13-15-5-4-12-22-15)14-8-10-18(11-9-14)24(20,21)16-6-2-1-3-7-16/h1-3,6-7,14-15H,4-5,8-13H2. The van der Waals surface area contributed by atoms with E-state index in [1.54, 1.807) is 30.3 Å². The van der Waals surface area contributed by atoms with Gasteiger partial charge in [0.25, 0.3) is 0 Å². The molecular weight excluding hydrogens is 330 g/mol. The van der Waals surface area contributed by atoms with Gasteiger partial charge in [0, 0.05) is 19.7 Å². The molecule has 7 heteroatoms. The third-order valence-corrected chi connectivity index (χ3v) is 6.52. The van der Waals surface area contributed by atoms with E-state index in [9.17, 15) is 13.2 Å². The molecule has 2 aliphatic heterocycles. The van der Waals surface area contributed by atoms with Crippen LogP contribution in [0.15, 0.2) is 35.2 Å². The summed E-state index contributed by atoms with van der Waals surface area (Å²) in [6.07, 6.45) is 2.96. The molecule has 0 N–H and O–H groups in total. The van der Waals surface area contributed by atoms with Gasteiger partial charge in [-0.2, -0.15) is 4.31 Å². The Morgan fingerprint density at radius 2 is 1.88 bits per heavy atom. The molecule has 2 fully saturated rings. The van der Waals surface area contributed by atoms with Crippen LogP contribution in [0.3, 0.4) is 0 Å². The monoisotopic (exact) mass is 353 g/mol. The highest BCUT2D eigenvalue weighted by Gasteiger charge is 2.33. The molecule has 0 spiro atoms. The molecule has 0 aliphatic carbocycles. The van der Waals surface area contributed by atoms with E-state index >= 15 is 0 Å². The smallest absolute Gasteiger partial charge is 0.309 e. The zero-order chi connectivity index (χ0) is 17.0. The van der Waals surface area contributed by atoms with E-state index in [1.165, 1.54) is 4.31 Å². The minimum Gasteiger partial charge on any atom is -0.463 e. The second kappa shape index (κ2) is 7.63. The van der Waals surface area contributed by atoms with E-state index in [2.05, 4.69) is 0 Å². The van der Waals surface area contributed by atoms with Crippen molar-refractivity contribution in [2.45, 2.75) is 36.7 Å². The first-order valence-corrected chi connectivity index (χ1v) is 9.85. The number of hydrogen-bond donors (Lipinski definition) is 0. The molecule has 1 aromatic carbocycles. The lowest BCUT2D eigenvalue weighted by Crippen LogP contribution is -2.40. The zero-order valence-corrected chi connectivity index (χ0v) is 14.4. The SMILES string of the molecule is O=C(OCC1CCCO1)C1CCN(S(=O)(=O)c2ccccc2)CC1. The van der Waals surface area contributed by atoms with E-state index in [-0.39, 0.29) is 18.0 Å². The number of sulfonamides is 1. The Bertz CT molecular complexity index is 647. The van der Waals surface area contributed by atoms with Crippen molar-refractivity contribution in [3.05, 3.63) is 30.3 Å². The third-order valence-electron chi connectivity index (χ3n) is 4.60. The largest absolute Gasteiger partial charge is 0.463 e. The summed E-state index contributed by atoms with van der Waals surface area (Å²) in [4.78, 5) is 12.4. The van der Waals surface area contributed by atoms with Crippen molar-refractivity contribution >= 4 is 16.0 Å². The van der Waals surface area contributed by atoms with Crippen LogP contribution in [0.1, 0.15) is 25.7 Å². The molecule has 132 valence electrons. The highest BCUT2D eigenvalue weighted by molar-refractivity contribution is 7.89. The van der Waals surface area contributed by atoms with Crippen LogP contribution >= 0.6 is 0 Å². The Kier molecular flexibility index (Phi) is 5.53. The Morgan fingerprint density at radius 1 is 1.17 bits per heavy atom. The lowest BCUT2D eigenvalue weighted by atomic mass is 9.98. The number of nitrogens with zero attached hydrogens (tertiary/aromatic N) is 1. The van der Waals surface area contributed by atoms with Gasteiger partial charge >= 0.3 is 5.97 Å². The van der Waals surface area contributed by atoms with Crippen molar-refractivity contribution in [3.63, 3.8) is 0 Å². The minimum absolute atomic E-state index is 0.0208. The molecule has 0 aromatic heterocycles. The highest BCUT2D eigenvalue weighted by atomic mass is 32.2. The number of piperidine rings is 1. The van der Waals surface area contributed by atoms with Gasteiger partial charge in [-0.3, -0.25) is 4.79 Å². The fourth-order valence-electron chi connectivity index (χ4n) is 3.14. The average molecular weight is 353 g/mol. The van der Waals surface area contributed by atoms with Crippen molar-refractivity contribution in [1.82, 2.24) is 4.31 Å². The fraction of sp³-hybridized carbons (Fsp3) is 0.588. The Hall–Kier alpha value is -1.44. The lowest BCUT2D eigenvalue weighted by molar-refractivity contribution is -0.153. The quantitative estimate of drug-likeness (QED) is 0.755. The summed E-state index contributed by atoms with van der Waals surface area (Å²) in [7, 11) is -3.48.